The van der Waals surface area contributed by atoms with Crippen molar-refractivity contribution in [1.82, 2.24) is 15.3 Å². The third-order valence-corrected chi connectivity index (χ3v) is 5.88. The maximum atomic E-state index is 14.4. The van der Waals surface area contributed by atoms with Crippen LogP contribution in [-0.2, 0) is 11.3 Å². The lowest BCUT2D eigenvalue weighted by atomic mass is 10.1. The summed E-state index contributed by atoms with van der Waals surface area (Å²) in [5.41, 5.74) is 1.91. The molecule has 0 bridgehead atoms. The number of nitrogens with one attached hydrogen (secondary N) is 1. The summed E-state index contributed by atoms with van der Waals surface area (Å²) >= 11 is 0. The van der Waals surface area contributed by atoms with Crippen molar-refractivity contribution in [2.45, 2.75) is 25.2 Å². The molecule has 11 heteroatoms. The zero-order valence-electron chi connectivity index (χ0n) is 19.1. The summed E-state index contributed by atoms with van der Waals surface area (Å²) in [6, 6.07) is 8.64. The Morgan fingerprint density at radius 2 is 2.09 bits per heavy atom. The summed E-state index contributed by atoms with van der Waals surface area (Å²) < 4.78 is 36.1. The fourth-order valence-electron chi connectivity index (χ4n) is 4.16. The SMILES string of the molecule is COc1ccc2ncc(F)c(CNCC(O)CC3CN(c4ccc5c(c4)OCCO5)C(=O)O3)c2n1. The molecule has 2 unspecified atom stereocenters. The minimum absolute atomic E-state index is 0.135. The number of cyclic esters (lactones) is 1. The summed E-state index contributed by atoms with van der Waals surface area (Å²) in [6.45, 7) is 1.54. The lowest BCUT2D eigenvalue weighted by Gasteiger charge is -2.21. The van der Waals surface area contributed by atoms with E-state index >= 15 is 0 Å². The van der Waals surface area contributed by atoms with E-state index < -0.39 is 24.1 Å². The first-order chi connectivity index (χ1) is 17.0. The Labute approximate surface area is 200 Å². The van der Waals surface area contributed by atoms with Gasteiger partial charge in [0.2, 0.25) is 5.88 Å². The number of nitrogens with zero attached hydrogens (tertiary/aromatic N) is 3. The van der Waals surface area contributed by atoms with Gasteiger partial charge in [-0.2, -0.15) is 0 Å². The number of benzene rings is 1. The molecule has 5 rings (SSSR count). The van der Waals surface area contributed by atoms with Crippen molar-refractivity contribution in [3.05, 3.63) is 47.9 Å². The van der Waals surface area contributed by atoms with Crippen molar-refractivity contribution in [1.29, 1.82) is 0 Å². The first-order valence-electron chi connectivity index (χ1n) is 11.3. The lowest BCUT2D eigenvalue weighted by Crippen LogP contribution is -2.31. The van der Waals surface area contributed by atoms with Crippen LogP contribution in [0, 0.1) is 5.82 Å². The van der Waals surface area contributed by atoms with Crippen LogP contribution >= 0.6 is 0 Å². The normalized spacial score (nSPS) is 18.0. The van der Waals surface area contributed by atoms with Gasteiger partial charge >= 0.3 is 6.09 Å². The third kappa shape index (κ3) is 4.91. The molecular weight excluding hydrogens is 459 g/mol. The van der Waals surface area contributed by atoms with E-state index in [4.69, 9.17) is 18.9 Å². The molecule has 1 aromatic carbocycles. The van der Waals surface area contributed by atoms with E-state index in [1.54, 1.807) is 30.3 Å². The molecule has 1 fully saturated rings. The quantitative estimate of drug-likeness (QED) is 0.497. The van der Waals surface area contributed by atoms with E-state index in [2.05, 4.69) is 15.3 Å². The Morgan fingerprint density at radius 3 is 2.91 bits per heavy atom. The van der Waals surface area contributed by atoms with Crippen LogP contribution in [0.25, 0.3) is 11.0 Å². The van der Waals surface area contributed by atoms with Crippen molar-refractivity contribution in [2.24, 2.45) is 0 Å². The Hall–Kier alpha value is -3.70. The van der Waals surface area contributed by atoms with Gasteiger partial charge in [0.05, 0.1) is 37.2 Å². The summed E-state index contributed by atoms with van der Waals surface area (Å²) in [4.78, 5) is 22.3. The Balaban J connectivity index is 1.17. The number of methoxy groups -OCH3 is 1. The van der Waals surface area contributed by atoms with Crippen LogP contribution < -0.4 is 24.4 Å². The van der Waals surface area contributed by atoms with Crippen LogP contribution in [0.1, 0.15) is 12.0 Å². The molecule has 0 spiro atoms. The fourth-order valence-corrected chi connectivity index (χ4v) is 4.16. The van der Waals surface area contributed by atoms with Gasteiger partial charge < -0.3 is 29.4 Å². The number of hydrogen-bond acceptors (Lipinski definition) is 9. The molecule has 0 radical (unpaired) electrons. The number of amides is 1. The fraction of sp³-hybridized carbons (Fsp3) is 0.375. The maximum Gasteiger partial charge on any atom is 0.414 e. The number of ether oxygens (including phenoxy) is 4. The molecule has 1 saturated heterocycles. The van der Waals surface area contributed by atoms with Gasteiger partial charge in [-0.1, -0.05) is 0 Å². The number of halogens is 1. The number of rotatable bonds is 8. The van der Waals surface area contributed by atoms with Gasteiger partial charge in [-0.15, -0.1) is 0 Å². The molecule has 0 aliphatic carbocycles. The zero-order valence-corrected chi connectivity index (χ0v) is 19.1. The van der Waals surface area contributed by atoms with Crippen molar-refractivity contribution in [2.75, 3.05) is 38.3 Å². The highest BCUT2D eigenvalue weighted by Gasteiger charge is 2.34. The van der Waals surface area contributed by atoms with Crippen LogP contribution in [0.5, 0.6) is 17.4 Å². The van der Waals surface area contributed by atoms with E-state index in [-0.39, 0.29) is 19.5 Å². The van der Waals surface area contributed by atoms with Gasteiger partial charge in [-0.3, -0.25) is 9.88 Å². The molecule has 2 aliphatic heterocycles. The number of hydrogen-bond donors (Lipinski definition) is 2. The Kier molecular flexibility index (Phi) is 6.51. The van der Waals surface area contributed by atoms with Crippen molar-refractivity contribution >= 4 is 22.8 Å². The predicted octanol–water partition coefficient (Wildman–Crippen LogP) is 2.41. The van der Waals surface area contributed by atoms with Crippen LogP contribution in [-0.4, -0.2) is 66.8 Å². The number of aliphatic hydroxyl groups excluding tert-OH is 1. The second kappa shape index (κ2) is 9.88. The number of carbonyl (C=O) groups is 1. The zero-order chi connectivity index (χ0) is 24.4. The number of fused-ring (bicyclic) bond motifs is 2. The maximum absolute atomic E-state index is 14.4. The van der Waals surface area contributed by atoms with Gasteiger partial charge in [0.15, 0.2) is 11.5 Å². The predicted molar refractivity (Wildman–Crippen MR) is 123 cm³/mol. The lowest BCUT2D eigenvalue weighted by molar-refractivity contribution is 0.0839. The number of aromatic nitrogens is 2. The summed E-state index contributed by atoms with van der Waals surface area (Å²) in [5.74, 6) is 1.08. The van der Waals surface area contributed by atoms with E-state index in [9.17, 15) is 14.3 Å². The number of carbonyl (C=O) groups excluding carboxylic acids is 1. The number of anilines is 1. The Bertz CT molecular complexity index is 1240. The van der Waals surface area contributed by atoms with E-state index in [1.165, 1.54) is 12.0 Å². The van der Waals surface area contributed by atoms with Crippen LogP contribution in [0.4, 0.5) is 14.9 Å². The van der Waals surface area contributed by atoms with Crippen LogP contribution in [0.2, 0.25) is 0 Å². The van der Waals surface area contributed by atoms with Gasteiger partial charge in [-0.25, -0.2) is 14.2 Å². The second-order valence-electron chi connectivity index (χ2n) is 8.27. The molecule has 0 saturated carbocycles. The monoisotopic (exact) mass is 484 g/mol. The Morgan fingerprint density at radius 1 is 1.26 bits per heavy atom. The number of aliphatic hydroxyl groups is 1. The average molecular weight is 484 g/mol. The minimum Gasteiger partial charge on any atom is -0.486 e. The van der Waals surface area contributed by atoms with E-state index in [1.807, 2.05) is 0 Å². The highest BCUT2D eigenvalue weighted by molar-refractivity contribution is 5.90. The second-order valence-corrected chi connectivity index (χ2v) is 8.27. The molecule has 35 heavy (non-hydrogen) atoms. The van der Waals surface area contributed by atoms with Crippen molar-refractivity contribution in [3.8, 4) is 17.4 Å². The molecule has 184 valence electrons. The molecule has 10 nitrogen and oxygen atoms in total. The van der Waals surface area contributed by atoms with Crippen molar-refractivity contribution < 1.29 is 33.2 Å². The highest BCUT2D eigenvalue weighted by atomic mass is 19.1. The summed E-state index contributed by atoms with van der Waals surface area (Å²) in [6.07, 6.45) is -0.416. The van der Waals surface area contributed by atoms with Gasteiger partial charge in [-0.05, 0) is 18.2 Å². The third-order valence-electron chi connectivity index (χ3n) is 5.88. The molecule has 2 aromatic heterocycles. The first kappa shape index (κ1) is 23.1. The average Bonchev–Trinajstić information content (AvgIpc) is 3.24. The van der Waals surface area contributed by atoms with Crippen molar-refractivity contribution in [3.63, 3.8) is 0 Å². The standard InChI is InChI=1S/C24H25FN4O6/c1-32-22-5-3-19-23(28-22)17(18(25)12-27-19)11-26-10-15(30)9-16-13-29(24(31)35-16)14-2-4-20-21(8-14)34-7-6-33-20/h2-5,8,12,15-16,26,30H,6-7,9-11,13H2,1H3. The largest absolute Gasteiger partial charge is 0.486 e. The van der Waals surface area contributed by atoms with Gasteiger partial charge in [0.25, 0.3) is 0 Å². The molecule has 4 heterocycles. The smallest absolute Gasteiger partial charge is 0.414 e. The molecule has 2 N–H and O–H groups in total. The molecule has 3 aromatic rings. The summed E-state index contributed by atoms with van der Waals surface area (Å²) in [7, 11) is 1.49. The van der Waals surface area contributed by atoms with E-state index in [0.717, 1.165) is 6.20 Å². The van der Waals surface area contributed by atoms with Gasteiger partial charge in [0, 0.05) is 37.2 Å². The minimum atomic E-state index is -0.813. The van der Waals surface area contributed by atoms with Crippen LogP contribution in [0.3, 0.4) is 0 Å². The highest BCUT2D eigenvalue weighted by Crippen LogP contribution is 2.35. The molecule has 2 aliphatic rings. The van der Waals surface area contributed by atoms with Crippen LogP contribution in [0.15, 0.2) is 36.5 Å². The molecule has 2 atom stereocenters. The van der Waals surface area contributed by atoms with Gasteiger partial charge in [0.1, 0.15) is 30.7 Å². The number of pyridine rings is 2. The molecular formula is C24H25FN4O6. The summed E-state index contributed by atoms with van der Waals surface area (Å²) in [5, 5.41) is 13.6. The first-order valence-corrected chi connectivity index (χ1v) is 11.3. The topological polar surface area (TPSA) is 115 Å². The van der Waals surface area contributed by atoms with E-state index in [0.29, 0.717) is 59.4 Å². The molecule has 1 amide bonds.